The number of alkyl halides is 3. The molecule has 0 spiro atoms. The van der Waals surface area contributed by atoms with E-state index < -0.39 is 20.0 Å². The van der Waals surface area contributed by atoms with Crippen molar-refractivity contribution in [3.63, 3.8) is 0 Å². The fraction of sp³-hybridized carbons (Fsp3) is 1.00. The fourth-order valence-electron chi connectivity index (χ4n) is 0.267. The summed E-state index contributed by atoms with van der Waals surface area (Å²) in [7, 11) is 5.27. The zero-order chi connectivity index (χ0) is 8.41. The Morgan fingerprint density at radius 1 is 1.20 bits per heavy atom. The minimum absolute atomic E-state index is 0.205. The summed E-state index contributed by atoms with van der Waals surface area (Å²) in [5.41, 5.74) is 0.205. The molecule has 0 atom stereocenters. The van der Waals surface area contributed by atoms with E-state index in [9.17, 15) is 13.2 Å². The van der Waals surface area contributed by atoms with Crippen molar-refractivity contribution >= 4 is 15.0 Å². The van der Waals surface area contributed by atoms with Crippen LogP contribution in [0.2, 0.25) is 0 Å². The average molecular weight is 221 g/mol. The number of hydrogen-bond donors (Lipinski definition) is 0. The maximum atomic E-state index is 11.6. The second-order valence-electron chi connectivity index (χ2n) is 3.01. The topological polar surface area (TPSA) is 0 Å². The van der Waals surface area contributed by atoms with Crippen LogP contribution in [0.3, 0.4) is 0 Å². The third-order valence-corrected chi connectivity index (χ3v) is 3.20. The van der Waals surface area contributed by atoms with Gasteiger partial charge in [-0.15, -0.1) is 0 Å². The van der Waals surface area contributed by atoms with Crippen LogP contribution < -0.4 is 0 Å². The van der Waals surface area contributed by atoms with Crippen LogP contribution in [-0.2, 0) is 0 Å². The Hall–Kier alpha value is 0.269. The Kier molecular flexibility index (Phi) is 3.20. The van der Waals surface area contributed by atoms with Crippen LogP contribution in [0.5, 0.6) is 0 Å². The second-order valence-corrected chi connectivity index (χ2v) is 5.13. The predicted octanol–water partition coefficient (Wildman–Crippen LogP) is 0.874. The van der Waals surface area contributed by atoms with Crippen molar-refractivity contribution in [3.8, 4) is 0 Å². The summed E-state index contributed by atoms with van der Waals surface area (Å²) < 4.78 is 35.2. The molecule has 0 aromatic heterocycles. The Morgan fingerprint density at radius 2 is 1.60 bits per heavy atom. The third kappa shape index (κ3) is 8.27. The van der Waals surface area contributed by atoms with Gasteiger partial charge in [-0.3, -0.25) is 0 Å². The fourth-order valence-corrected chi connectivity index (χ4v) is 1.39. The summed E-state index contributed by atoms with van der Waals surface area (Å²) in [5.74, 6) is 0. The standard InChI is InChI=1S/C5H11F3NSe/c1-9(2,3)4-10-5(6,7)8/h4H2,1-3H3/q+1. The van der Waals surface area contributed by atoms with Crippen LogP contribution in [0, 0.1) is 0 Å². The van der Waals surface area contributed by atoms with Crippen LogP contribution in [0.25, 0.3) is 0 Å². The molecule has 0 aromatic carbocycles. The molecule has 0 rings (SSSR count). The molecule has 0 aromatic rings. The molecule has 1 nitrogen and oxygen atoms in total. The molecule has 62 valence electrons. The first-order valence-corrected chi connectivity index (χ1v) is 4.79. The van der Waals surface area contributed by atoms with E-state index in [2.05, 4.69) is 0 Å². The molecule has 0 aliphatic rings. The van der Waals surface area contributed by atoms with Gasteiger partial charge in [0.05, 0.1) is 0 Å². The maximum absolute atomic E-state index is 11.6. The van der Waals surface area contributed by atoms with Gasteiger partial charge in [-0.05, 0) is 0 Å². The monoisotopic (exact) mass is 222 g/mol. The van der Waals surface area contributed by atoms with Gasteiger partial charge in [-0.25, -0.2) is 0 Å². The van der Waals surface area contributed by atoms with Gasteiger partial charge >= 0.3 is 64.3 Å². The van der Waals surface area contributed by atoms with Gasteiger partial charge in [-0.2, -0.15) is 0 Å². The van der Waals surface area contributed by atoms with Crippen LogP contribution in [0.1, 0.15) is 0 Å². The summed E-state index contributed by atoms with van der Waals surface area (Å²) in [6.45, 7) is 0. The summed E-state index contributed by atoms with van der Waals surface area (Å²) in [6, 6.07) is 0. The summed E-state index contributed by atoms with van der Waals surface area (Å²) in [4.78, 5) is 0. The predicted molar refractivity (Wildman–Crippen MR) is 34.7 cm³/mol. The second kappa shape index (κ2) is 3.11. The minimum atomic E-state index is -3.95. The van der Waals surface area contributed by atoms with Gasteiger partial charge in [-0.1, -0.05) is 0 Å². The van der Waals surface area contributed by atoms with E-state index in [-0.39, 0.29) is 5.44 Å². The molecule has 0 amide bonds. The average Bonchev–Trinajstić information content (AvgIpc) is 1.57. The van der Waals surface area contributed by atoms with E-state index in [4.69, 9.17) is 0 Å². The SMILES string of the molecule is C[N+](C)(C)C[Se]C(F)(F)F. The quantitative estimate of drug-likeness (QED) is 0.479. The van der Waals surface area contributed by atoms with Crippen molar-refractivity contribution in [2.75, 3.05) is 26.6 Å². The zero-order valence-electron chi connectivity index (χ0n) is 6.20. The molecule has 0 bridgehead atoms. The molecule has 0 heterocycles. The van der Waals surface area contributed by atoms with E-state index >= 15 is 0 Å². The zero-order valence-corrected chi connectivity index (χ0v) is 7.91. The summed E-state index contributed by atoms with van der Waals surface area (Å²) in [6.07, 6.45) is 0. The van der Waals surface area contributed by atoms with E-state index in [1.807, 2.05) is 0 Å². The van der Waals surface area contributed by atoms with Crippen molar-refractivity contribution in [1.29, 1.82) is 0 Å². The van der Waals surface area contributed by atoms with Crippen molar-refractivity contribution in [3.05, 3.63) is 0 Å². The Morgan fingerprint density at radius 3 is 1.70 bits per heavy atom. The van der Waals surface area contributed by atoms with E-state index in [0.29, 0.717) is 4.48 Å². The molecule has 0 radical (unpaired) electrons. The Bertz CT molecular complexity index is 90.4. The third-order valence-electron chi connectivity index (χ3n) is 0.616. The van der Waals surface area contributed by atoms with Crippen LogP contribution in [-0.4, -0.2) is 51.1 Å². The first-order chi connectivity index (χ1) is 4.21. The molecule has 0 fully saturated rings. The number of halogens is 3. The van der Waals surface area contributed by atoms with E-state index in [1.165, 1.54) is 0 Å². The first kappa shape index (κ1) is 10.3. The van der Waals surface area contributed by atoms with E-state index in [0.717, 1.165) is 0 Å². The van der Waals surface area contributed by atoms with Gasteiger partial charge in [0.25, 0.3) is 0 Å². The van der Waals surface area contributed by atoms with E-state index in [1.54, 1.807) is 21.1 Å². The Labute approximate surface area is 64.9 Å². The molecular formula is C5H11F3NSe+. The van der Waals surface area contributed by atoms with Gasteiger partial charge in [0, 0.05) is 0 Å². The molecule has 0 saturated heterocycles. The van der Waals surface area contributed by atoms with Crippen molar-refractivity contribution in [2.24, 2.45) is 0 Å². The van der Waals surface area contributed by atoms with Gasteiger partial charge in [0.15, 0.2) is 0 Å². The van der Waals surface area contributed by atoms with Crippen LogP contribution in [0.4, 0.5) is 13.2 Å². The molecule has 0 aliphatic carbocycles. The summed E-state index contributed by atoms with van der Waals surface area (Å²) >= 11 is -1.23. The van der Waals surface area contributed by atoms with Crippen LogP contribution in [0.15, 0.2) is 0 Å². The first-order valence-electron chi connectivity index (χ1n) is 2.72. The van der Waals surface area contributed by atoms with Crippen molar-refractivity contribution in [2.45, 2.75) is 5.07 Å². The molecule has 0 saturated carbocycles. The number of rotatable bonds is 2. The molecule has 10 heavy (non-hydrogen) atoms. The number of quaternary nitrogens is 1. The van der Waals surface area contributed by atoms with Crippen molar-refractivity contribution in [1.82, 2.24) is 0 Å². The Balaban J connectivity index is 3.56. The molecule has 5 heteroatoms. The molecule has 0 N–H and O–H groups in total. The normalized spacial score (nSPS) is 13.8. The van der Waals surface area contributed by atoms with Crippen LogP contribution >= 0.6 is 0 Å². The molecular weight excluding hydrogens is 210 g/mol. The number of hydrogen-bond acceptors (Lipinski definition) is 0. The van der Waals surface area contributed by atoms with Gasteiger partial charge < -0.3 is 0 Å². The number of nitrogens with zero attached hydrogens (tertiary/aromatic N) is 1. The summed E-state index contributed by atoms with van der Waals surface area (Å²) in [5, 5.41) is -3.95. The molecule has 0 unspecified atom stereocenters. The van der Waals surface area contributed by atoms with Gasteiger partial charge in [0.2, 0.25) is 0 Å². The van der Waals surface area contributed by atoms with Crippen molar-refractivity contribution < 1.29 is 17.7 Å². The van der Waals surface area contributed by atoms with Gasteiger partial charge in [0.1, 0.15) is 0 Å². The molecule has 0 aliphatic heterocycles.